The molecule has 1 aromatic heterocycles. The number of aromatic nitrogens is 2. The lowest BCUT2D eigenvalue weighted by molar-refractivity contribution is 1.02. The van der Waals surface area contributed by atoms with Crippen LogP contribution in [0.4, 0.5) is 0 Å². The van der Waals surface area contributed by atoms with Gasteiger partial charge in [-0.25, -0.2) is 4.98 Å². The van der Waals surface area contributed by atoms with Crippen molar-refractivity contribution in [1.82, 2.24) is 9.97 Å². The molecular formula is C16H16N2. The molecule has 1 heterocycles. The van der Waals surface area contributed by atoms with E-state index in [1.807, 2.05) is 18.2 Å². The summed E-state index contributed by atoms with van der Waals surface area (Å²) >= 11 is 0. The van der Waals surface area contributed by atoms with Crippen molar-refractivity contribution in [2.24, 2.45) is 0 Å². The third kappa shape index (κ3) is 2.02. The molecule has 0 spiro atoms. The molecule has 3 rings (SSSR count). The summed E-state index contributed by atoms with van der Waals surface area (Å²) in [7, 11) is 0. The van der Waals surface area contributed by atoms with Crippen LogP contribution in [0.1, 0.15) is 22.5 Å². The maximum absolute atomic E-state index is 4.62. The van der Waals surface area contributed by atoms with E-state index >= 15 is 0 Å². The van der Waals surface area contributed by atoms with Crippen molar-refractivity contribution in [3.63, 3.8) is 0 Å². The minimum absolute atomic E-state index is 0.862. The summed E-state index contributed by atoms with van der Waals surface area (Å²) in [5.41, 5.74) is 6.12. The fraction of sp³-hybridized carbons (Fsp3) is 0.188. The quantitative estimate of drug-likeness (QED) is 0.721. The van der Waals surface area contributed by atoms with E-state index in [2.05, 4.69) is 48.1 Å². The molecular weight excluding hydrogens is 220 g/mol. The van der Waals surface area contributed by atoms with Gasteiger partial charge in [0, 0.05) is 6.42 Å². The van der Waals surface area contributed by atoms with Crippen molar-refractivity contribution >= 4 is 11.0 Å². The van der Waals surface area contributed by atoms with Gasteiger partial charge in [0.25, 0.3) is 0 Å². The van der Waals surface area contributed by atoms with Crippen LogP contribution in [0.2, 0.25) is 0 Å². The zero-order chi connectivity index (χ0) is 12.5. The predicted molar refractivity (Wildman–Crippen MR) is 74.8 cm³/mol. The van der Waals surface area contributed by atoms with Gasteiger partial charge in [-0.3, -0.25) is 0 Å². The van der Waals surface area contributed by atoms with E-state index in [0.717, 1.165) is 23.3 Å². The highest BCUT2D eigenvalue weighted by molar-refractivity contribution is 5.74. The molecule has 2 heteroatoms. The first kappa shape index (κ1) is 11.0. The molecule has 0 aliphatic heterocycles. The lowest BCUT2D eigenvalue weighted by Gasteiger charge is -2.04. The van der Waals surface area contributed by atoms with Gasteiger partial charge >= 0.3 is 0 Å². The SMILES string of the molecule is Cc1ccc(Cc2nc3ccccc3[nH]2)c(C)c1. The van der Waals surface area contributed by atoms with E-state index in [1.54, 1.807) is 0 Å². The fourth-order valence-corrected chi connectivity index (χ4v) is 2.31. The number of aryl methyl sites for hydroxylation is 2. The fourth-order valence-electron chi connectivity index (χ4n) is 2.31. The van der Waals surface area contributed by atoms with Crippen LogP contribution in [0.25, 0.3) is 11.0 Å². The van der Waals surface area contributed by atoms with Crippen LogP contribution in [-0.4, -0.2) is 9.97 Å². The Morgan fingerprint density at radius 2 is 1.89 bits per heavy atom. The van der Waals surface area contributed by atoms with Crippen LogP contribution in [-0.2, 0) is 6.42 Å². The average Bonchev–Trinajstić information content (AvgIpc) is 2.75. The predicted octanol–water partition coefficient (Wildman–Crippen LogP) is 3.77. The third-order valence-electron chi connectivity index (χ3n) is 3.29. The molecule has 0 aliphatic carbocycles. The summed E-state index contributed by atoms with van der Waals surface area (Å²) in [4.78, 5) is 7.99. The Hall–Kier alpha value is -2.09. The number of aromatic amines is 1. The molecule has 3 aromatic rings. The zero-order valence-electron chi connectivity index (χ0n) is 10.7. The molecule has 0 amide bonds. The van der Waals surface area contributed by atoms with Gasteiger partial charge in [-0.15, -0.1) is 0 Å². The number of hydrogen-bond donors (Lipinski definition) is 1. The Morgan fingerprint density at radius 3 is 2.67 bits per heavy atom. The lowest BCUT2D eigenvalue weighted by Crippen LogP contribution is -1.94. The highest BCUT2D eigenvalue weighted by Crippen LogP contribution is 2.16. The highest BCUT2D eigenvalue weighted by Gasteiger charge is 2.05. The summed E-state index contributed by atoms with van der Waals surface area (Å²) in [5, 5.41) is 0. The normalized spacial score (nSPS) is 11.0. The topological polar surface area (TPSA) is 28.7 Å². The molecule has 2 aromatic carbocycles. The third-order valence-corrected chi connectivity index (χ3v) is 3.29. The van der Waals surface area contributed by atoms with Crippen LogP contribution in [0.15, 0.2) is 42.5 Å². The van der Waals surface area contributed by atoms with Gasteiger partial charge in [-0.1, -0.05) is 35.9 Å². The minimum atomic E-state index is 0.862. The standard InChI is InChI=1S/C16H16N2/c1-11-7-8-13(12(2)9-11)10-16-17-14-5-3-4-6-15(14)18-16/h3-9H,10H2,1-2H3,(H,17,18). The summed E-state index contributed by atoms with van der Waals surface area (Å²) in [5.74, 6) is 1.03. The molecule has 0 unspecified atom stereocenters. The van der Waals surface area contributed by atoms with Gasteiger partial charge in [0.05, 0.1) is 11.0 Å². The largest absolute Gasteiger partial charge is 0.342 e. The van der Waals surface area contributed by atoms with E-state index in [0.29, 0.717) is 0 Å². The first-order valence-corrected chi connectivity index (χ1v) is 6.22. The van der Waals surface area contributed by atoms with Crippen LogP contribution >= 0.6 is 0 Å². The van der Waals surface area contributed by atoms with Crippen molar-refractivity contribution < 1.29 is 0 Å². The molecule has 0 radical (unpaired) electrons. The average molecular weight is 236 g/mol. The maximum Gasteiger partial charge on any atom is 0.111 e. The Bertz CT molecular complexity index is 662. The number of benzene rings is 2. The number of nitrogens with zero attached hydrogens (tertiary/aromatic N) is 1. The molecule has 0 aliphatic rings. The summed E-state index contributed by atoms with van der Waals surface area (Å²) in [6.45, 7) is 4.28. The smallest absolute Gasteiger partial charge is 0.111 e. The van der Waals surface area contributed by atoms with Gasteiger partial charge in [-0.05, 0) is 37.1 Å². The van der Waals surface area contributed by atoms with Crippen molar-refractivity contribution in [3.8, 4) is 0 Å². The van der Waals surface area contributed by atoms with Gasteiger partial charge < -0.3 is 4.98 Å². The highest BCUT2D eigenvalue weighted by atomic mass is 14.9. The maximum atomic E-state index is 4.62. The second kappa shape index (κ2) is 4.30. The van der Waals surface area contributed by atoms with E-state index in [9.17, 15) is 0 Å². The molecule has 1 N–H and O–H groups in total. The second-order valence-corrected chi connectivity index (χ2v) is 4.81. The number of hydrogen-bond acceptors (Lipinski definition) is 1. The monoisotopic (exact) mass is 236 g/mol. The van der Waals surface area contributed by atoms with Crippen LogP contribution < -0.4 is 0 Å². The van der Waals surface area contributed by atoms with Crippen molar-refractivity contribution in [3.05, 3.63) is 65.0 Å². The number of H-pyrrole nitrogens is 1. The second-order valence-electron chi connectivity index (χ2n) is 4.81. The summed E-state index contributed by atoms with van der Waals surface area (Å²) in [6, 6.07) is 14.7. The van der Waals surface area contributed by atoms with Crippen molar-refractivity contribution in [2.45, 2.75) is 20.3 Å². The Kier molecular flexibility index (Phi) is 2.63. The van der Waals surface area contributed by atoms with Gasteiger partial charge in [-0.2, -0.15) is 0 Å². The molecule has 2 nitrogen and oxygen atoms in total. The van der Waals surface area contributed by atoms with Crippen LogP contribution in [0, 0.1) is 13.8 Å². The summed E-state index contributed by atoms with van der Waals surface area (Å²) < 4.78 is 0. The Balaban J connectivity index is 1.96. The van der Waals surface area contributed by atoms with Crippen LogP contribution in [0.3, 0.4) is 0 Å². The van der Waals surface area contributed by atoms with Gasteiger partial charge in [0.15, 0.2) is 0 Å². The molecule has 0 bridgehead atoms. The minimum Gasteiger partial charge on any atom is -0.342 e. The van der Waals surface area contributed by atoms with Gasteiger partial charge in [0.2, 0.25) is 0 Å². The molecule has 18 heavy (non-hydrogen) atoms. The number of imidazole rings is 1. The van der Waals surface area contributed by atoms with Crippen LogP contribution in [0.5, 0.6) is 0 Å². The first-order chi connectivity index (χ1) is 8.72. The van der Waals surface area contributed by atoms with E-state index in [4.69, 9.17) is 0 Å². The number of fused-ring (bicyclic) bond motifs is 1. The molecule has 0 atom stereocenters. The van der Waals surface area contributed by atoms with Crippen molar-refractivity contribution in [1.29, 1.82) is 0 Å². The van der Waals surface area contributed by atoms with E-state index < -0.39 is 0 Å². The zero-order valence-corrected chi connectivity index (χ0v) is 10.7. The lowest BCUT2D eigenvalue weighted by atomic mass is 10.0. The van der Waals surface area contributed by atoms with E-state index in [-0.39, 0.29) is 0 Å². The van der Waals surface area contributed by atoms with Crippen molar-refractivity contribution in [2.75, 3.05) is 0 Å². The van der Waals surface area contributed by atoms with Gasteiger partial charge in [0.1, 0.15) is 5.82 Å². The number of nitrogens with one attached hydrogen (secondary N) is 1. The first-order valence-electron chi connectivity index (χ1n) is 6.22. The molecule has 0 fully saturated rings. The van der Waals surface area contributed by atoms with E-state index in [1.165, 1.54) is 16.7 Å². The number of para-hydroxylation sites is 2. The Morgan fingerprint density at radius 1 is 1.06 bits per heavy atom. The molecule has 90 valence electrons. The number of rotatable bonds is 2. The Labute approximate surface area is 107 Å². The molecule has 0 saturated heterocycles. The summed E-state index contributed by atoms with van der Waals surface area (Å²) in [6.07, 6.45) is 0.862. The molecule has 0 saturated carbocycles.